The van der Waals surface area contributed by atoms with Gasteiger partial charge in [-0.25, -0.2) is 0 Å². The van der Waals surface area contributed by atoms with Gasteiger partial charge in [0.15, 0.2) is 0 Å². The molecule has 0 aliphatic rings. The second-order valence-corrected chi connectivity index (χ2v) is 5.04. The third kappa shape index (κ3) is 2.21. The summed E-state index contributed by atoms with van der Waals surface area (Å²) in [5.74, 6) is -0.447. The van der Waals surface area contributed by atoms with Crippen LogP contribution in [0.15, 0.2) is 49.2 Å². The monoisotopic (exact) mass is 277 g/mol. The molecular weight excluding hydrogens is 262 g/mol. The molecular formula is C17H15N3O. The topological polar surface area (TPSA) is 71.8 Å². The van der Waals surface area contributed by atoms with E-state index in [1.807, 2.05) is 37.3 Å². The molecule has 0 atom stereocenters. The number of fused-ring (bicyclic) bond motifs is 1. The molecule has 3 aromatic rings. The minimum atomic E-state index is -0.447. The molecule has 0 aliphatic carbocycles. The Hall–Kier alpha value is -2.88. The van der Waals surface area contributed by atoms with Crippen molar-refractivity contribution >= 4 is 22.4 Å². The zero-order chi connectivity index (χ0) is 15.0. The van der Waals surface area contributed by atoms with E-state index in [2.05, 4.69) is 16.8 Å². The number of amides is 1. The number of aromatic nitrogens is 2. The summed E-state index contributed by atoms with van der Waals surface area (Å²) >= 11 is 0. The Morgan fingerprint density at radius 1 is 1.29 bits per heavy atom. The van der Waals surface area contributed by atoms with Gasteiger partial charge in [0, 0.05) is 10.9 Å². The number of nitrogens with zero attached hydrogens (tertiary/aromatic N) is 1. The number of primary amides is 1. The number of rotatable bonds is 3. The van der Waals surface area contributed by atoms with E-state index in [0.717, 1.165) is 33.2 Å². The van der Waals surface area contributed by atoms with Crippen molar-refractivity contribution in [3.8, 4) is 11.1 Å². The number of allylic oxidation sites excluding steroid dienone is 1. The Balaban J connectivity index is 2.28. The fraction of sp³-hybridized carbons (Fsp3) is 0.0588. The number of nitrogens with one attached hydrogen (secondary N) is 1. The van der Waals surface area contributed by atoms with Crippen LogP contribution < -0.4 is 5.73 Å². The van der Waals surface area contributed by atoms with E-state index < -0.39 is 5.91 Å². The van der Waals surface area contributed by atoms with Gasteiger partial charge in [0.25, 0.3) is 0 Å². The quantitative estimate of drug-likeness (QED) is 0.770. The molecule has 1 heterocycles. The number of H-pyrrole nitrogens is 1. The summed E-state index contributed by atoms with van der Waals surface area (Å²) in [5, 5.41) is 8.02. The van der Waals surface area contributed by atoms with Crippen molar-refractivity contribution < 1.29 is 4.79 Å². The van der Waals surface area contributed by atoms with Gasteiger partial charge in [0.1, 0.15) is 0 Å². The van der Waals surface area contributed by atoms with E-state index in [1.165, 1.54) is 0 Å². The Morgan fingerprint density at radius 3 is 2.81 bits per heavy atom. The van der Waals surface area contributed by atoms with E-state index in [4.69, 9.17) is 5.73 Å². The zero-order valence-electron chi connectivity index (χ0n) is 11.7. The van der Waals surface area contributed by atoms with E-state index in [-0.39, 0.29) is 0 Å². The summed E-state index contributed by atoms with van der Waals surface area (Å²) in [6.07, 6.45) is 1.78. The van der Waals surface area contributed by atoms with Gasteiger partial charge < -0.3 is 5.73 Å². The Morgan fingerprint density at radius 2 is 2.10 bits per heavy atom. The Bertz CT molecular complexity index is 861. The summed E-state index contributed by atoms with van der Waals surface area (Å²) in [6.45, 7) is 5.85. The lowest BCUT2D eigenvalue weighted by Gasteiger charge is -2.13. The number of hydrogen-bond donors (Lipinski definition) is 2. The van der Waals surface area contributed by atoms with Crippen LogP contribution in [0.5, 0.6) is 0 Å². The van der Waals surface area contributed by atoms with Gasteiger partial charge in [-0.3, -0.25) is 9.89 Å². The average molecular weight is 277 g/mol. The SMILES string of the molecule is C=C(C)c1c(C(N)=O)cccc1-c1ccc2cn[nH]c2c1. The summed E-state index contributed by atoms with van der Waals surface area (Å²) in [6, 6.07) is 11.5. The maximum Gasteiger partial charge on any atom is 0.249 e. The van der Waals surface area contributed by atoms with Crippen molar-refractivity contribution in [2.24, 2.45) is 5.73 Å². The summed E-state index contributed by atoms with van der Waals surface area (Å²) in [5.41, 5.74) is 10.5. The molecule has 2 aromatic carbocycles. The molecule has 0 aliphatic heterocycles. The van der Waals surface area contributed by atoms with Crippen LogP contribution in [0.2, 0.25) is 0 Å². The Labute approximate surface area is 122 Å². The highest BCUT2D eigenvalue weighted by Crippen LogP contribution is 2.32. The molecule has 4 heteroatoms. The van der Waals surface area contributed by atoms with Gasteiger partial charge in [-0.15, -0.1) is 0 Å². The third-order valence-electron chi connectivity index (χ3n) is 3.51. The molecule has 21 heavy (non-hydrogen) atoms. The number of nitrogens with two attached hydrogens (primary N) is 1. The van der Waals surface area contributed by atoms with Gasteiger partial charge in [0.05, 0.1) is 11.7 Å². The van der Waals surface area contributed by atoms with Crippen molar-refractivity contribution in [3.63, 3.8) is 0 Å². The number of hydrogen-bond acceptors (Lipinski definition) is 2. The molecule has 0 bridgehead atoms. The number of carbonyl (C=O) groups excluding carboxylic acids is 1. The smallest absolute Gasteiger partial charge is 0.249 e. The molecule has 4 nitrogen and oxygen atoms in total. The molecule has 1 amide bonds. The van der Waals surface area contributed by atoms with Gasteiger partial charge >= 0.3 is 0 Å². The maximum atomic E-state index is 11.6. The second-order valence-electron chi connectivity index (χ2n) is 5.04. The van der Waals surface area contributed by atoms with E-state index in [9.17, 15) is 4.79 Å². The predicted molar refractivity (Wildman–Crippen MR) is 84.8 cm³/mol. The lowest BCUT2D eigenvalue weighted by Crippen LogP contribution is -2.13. The minimum absolute atomic E-state index is 0.447. The van der Waals surface area contributed by atoms with Crippen LogP contribution in [0, 0.1) is 0 Å². The number of carbonyl (C=O) groups is 1. The molecule has 0 spiro atoms. The van der Waals surface area contributed by atoms with Crippen molar-refractivity contribution in [1.82, 2.24) is 10.2 Å². The predicted octanol–water partition coefficient (Wildman–Crippen LogP) is 3.36. The largest absolute Gasteiger partial charge is 0.366 e. The summed E-state index contributed by atoms with van der Waals surface area (Å²) < 4.78 is 0. The van der Waals surface area contributed by atoms with Crippen LogP contribution in [-0.4, -0.2) is 16.1 Å². The van der Waals surface area contributed by atoms with Crippen LogP contribution in [0.3, 0.4) is 0 Å². The zero-order valence-corrected chi connectivity index (χ0v) is 11.7. The molecule has 3 rings (SSSR count). The molecule has 3 N–H and O–H groups in total. The van der Waals surface area contributed by atoms with Crippen LogP contribution in [0.25, 0.3) is 27.6 Å². The van der Waals surface area contributed by atoms with Gasteiger partial charge in [0.2, 0.25) is 5.91 Å². The van der Waals surface area contributed by atoms with E-state index >= 15 is 0 Å². The van der Waals surface area contributed by atoms with Crippen molar-refractivity contribution in [3.05, 3.63) is 60.3 Å². The van der Waals surface area contributed by atoms with Gasteiger partial charge in [-0.1, -0.05) is 30.8 Å². The van der Waals surface area contributed by atoms with E-state index in [0.29, 0.717) is 5.56 Å². The molecule has 0 unspecified atom stereocenters. The highest BCUT2D eigenvalue weighted by atomic mass is 16.1. The van der Waals surface area contributed by atoms with Gasteiger partial charge in [-0.05, 0) is 41.3 Å². The first-order valence-electron chi connectivity index (χ1n) is 6.60. The van der Waals surface area contributed by atoms with Crippen molar-refractivity contribution in [2.75, 3.05) is 0 Å². The highest BCUT2D eigenvalue weighted by Gasteiger charge is 2.14. The average Bonchev–Trinajstić information content (AvgIpc) is 2.93. The molecule has 104 valence electrons. The van der Waals surface area contributed by atoms with Crippen LogP contribution in [0.1, 0.15) is 22.8 Å². The Kier molecular flexibility index (Phi) is 3.06. The minimum Gasteiger partial charge on any atom is -0.366 e. The fourth-order valence-electron chi connectivity index (χ4n) is 2.56. The second kappa shape index (κ2) is 4.90. The standard InChI is InChI=1S/C17H15N3O/c1-10(2)16-13(4-3-5-14(16)17(18)21)11-6-7-12-9-19-20-15(12)8-11/h3-9H,1H2,2H3,(H2,18,21)(H,19,20). The third-order valence-corrected chi connectivity index (χ3v) is 3.51. The first kappa shape index (κ1) is 13.1. The number of benzene rings is 2. The molecule has 0 fully saturated rings. The molecule has 0 radical (unpaired) electrons. The van der Waals surface area contributed by atoms with Crippen LogP contribution >= 0.6 is 0 Å². The highest BCUT2D eigenvalue weighted by molar-refractivity contribution is 6.01. The van der Waals surface area contributed by atoms with Gasteiger partial charge in [-0.2, -0.15) is 5.10 Å². The van der Waals surface area contributed by atoms with Crippen molar-refractivity contribution in [1.29, 1.82) is 0 Å². The molecule has 0 saturated carbocycles. The molecule has 0 saturated heterocycles. The fourth-order valence-corrected chi connectivity index (χ4v) is 2.56. The summed E-state index contributed by atoms with van der Waals surface area (Å²) in [4.78, 5) is 11.6. The maximum absolute atomic E-state index is 11.6. The van der Waals surface area contributed by atoms with Crippen LogP contribution in [-0.2, 0) is 0 Å². The lowest BCUT2D eigenvalue weighted by molar-refractivity contribution is 0.1000. The molecule has 1 aromatic heterocycles. The summed E-state index contributed by atoms with van der Waals surface area (Å²) in [7, 11) is 0. The van der Waals surface area contributed by atoms with Crippen LogP contribution in [0.4, 0.5) is 0 Å². The first-order chi connectivity index (χ1) is 10.1. The van der Waals surface area contributed by atoms with Crippen molar-refractivity contribution in [2.45, 2.75) is 6.92 Å². The first-order valence-corrected chi connectivity index (χ1v) is 6.60. The lowest BCUT2D eigenvalue weighted by atomic mass is 9.91. The van der Waals surface area contributed by atoms with E-state index in [1.54, 1.807) is 12.3 Å². The normalized spacial score (nSPS) is 10.7. The number of aromatic amines is 1.